The van der Waals surface area contributed by atoms with E-state index in [1.54, 1.807) is 65.0 Å². The molecule has 112 heavy (non-hydrogen) atoms. The van der Waals surface area contributed by atoms with Crippen LogP contribution in [0.4, 0.5) is 0 Å². The Morgan fingerprint density at radius 2 is 1.46 bits per heavy atom. The molecule has 8 aliphatic rings. The van der Waals surface area contributed by atoms with E-state index in [2.05, 4.69) is 13.2 Å². The molecule has 3 saturated heterocycles. The maximum atomic E-state index is 14.9. The van der Waals surface area contributed by atoms with E-state index in [1.807, 2.05) is 58.1 Å². The summed E-state index contributed by atoms with van der Waals surface area (Å²) in [6, 6.07) is -1.23. The van der Waals surface area contributed by atoms with Gasteiger partial charge in [-0.15, -0.1) is 13.2 Å². The molecule has 21 atom stereocenters. The summed E-state index contributed by atoms with van der Waals surface area (Å²) >= 11 is 0. The Morgan fingerprint density at radius 3 is 2.12 bits per heavy atom. The molecule has 0 aromatic rings. The lowest BCUT2D eigenvalue weighted by atomic mass is 9.58. The van der Waals surface area contributed by atoms with E-state index in [9.17, 15) is 63.3 Å². The van der Waals surface area contributed by atoms with Crippen molar-refractivity contribution in [3.05, 3.63) is 107 Å². The van der Waals surface area contributed by atoms with Crippen LogP contribution in [0.15, 0.2) is 107 Å². The van der Waals surface area contributed by atoms with Crippen LogP contribution in [0.3, 0.4) is 0 Å². The number of cyclic esters (lactones) is 2. The number of esters is 5. The number of fused-ring (bicyclic) bond motifs is 7. The van der Waals surface area contributed by atoms with Gasteiger partial charge in [-0.1, -0.05) is 103 Å². The number of unbranched alkanes of at least 4 members (excludes halogenated alkanes) is 3. The summed E-state index contributed by atoms with van der Waals surface area (Å²) in [7, 11) is 5.90. The minimum absolute atomic E-state index is 0.0214. The van der Waals surface area contributed by atoms with Crippen molar-refractivity contribution >= 4 is 58.9 Å². The maximum Gasteiger partial charge on any atom is 0.340 e. The van der Waals surface area contributed by atoms with Gasteiger partial charge in [-0.25, -0.2) is 9.59 Å². The minimum atomic E-state index is -2.50. The first-order valence-electron chi connectivity index (χ1n) is 40.4. The van der Waals surface area contributed by atoms with Gasteiger partial charge in [0, 0.05) is 121 Å². The molecule has 0 spiro atoms. The number of methoxy groups -OCH3 is 4. The van der Waals surface area contributed by atoms with Crippen LogP contribution in [0.2, 0.25) is 0 Å². The van der Waals surface area contributed by atoms with Crippen LogP contribution in [0, 0.1) is 52.8 Å². The summed E-state index contributed by atoms with van der Waals surface area (Å²) in [6.45, 7) is 23.8. The van der Waals surface area contributed by atoms with Crippen LogP contribution in [-0.2, 0) is 95.3 Å². The first kappa shape index (κ1) is 90.0. The number of nitrogens with zero attached hydrogens (tertiary/aromatic N) is 2. The molecule has 620 valence electrons. The van der Waals surface area contributed by atoms with Gasteiger partial charge in [0.05, 0.1) is 42.5 Å². The summed E-state index contributed by atoms with van der Waals surface area (Å²) in [5.41, 5.74) is 0.887. The van der Waals surface area contributed by atoms with Crippen LogP contribution in [0.25, 0.3) is 0 Å². The highest BCUT2D eigenvalue weighted by Crippen LogP contribution is 2.61. The van der Waals surface area contributed by atoms with Gasteiger partial charge in [-0.2, -0.15) is 0 Å². The Morgan fingerprint density at radius 1 is 0.768 bits per heavy atom. The number of allylic oxidation sites excluding steroid dienone is 7. The Bertz CT molecular complexity index is 3650. The summed E-state index contributed by atoms with van der Waals surface area (Å²) in [6.07, 6.45) is 14.3. The minimum Gasteiger partial charge on any atom is -0.504 e. The standard InChI is InChI=1S/C87H124N2O23/c1-16-38-88(39-17-2)48-60-73-76(69(49-103-12)109-84(60)100)75-68(107-57(10)90)47-86(11)61(74(75)79(97)78(73)96)35-37-70(86)110-71(93)30-23-18-19-24-31-72(94)111-80-55(8)42-52(5)64(92)46-66(53(6)43-58-33-36-63(91)67(44-58)105-14)108-85(101)62-29-25-26-40-89(62)83(99)82(98)87(102)56(9)32-34-59(112-87)45-65(104-13)51(4)28-22-20-21-27-50(3)41-54(7)77(95)81(80)106-15/h16-17,20-22,27-28,42,48,50,52-54,56,58-59,61-63,65-70,76,80-81,91,96,102H,1-2,18-19,23-26,29-41,43-47,49H2,3-15H3/b22-20+,27-21+,51-28+,55-42+,60-48+/t50-,52-,53-,54-,56-,58+,59+,61+,62+,63-,65+,66+,67-,68-,69-,70+,76?,80-,81+,86+,87-/m1/s1. The van der Waals surface area contributed by atoms with Crippen LogP contribution >= 0.6 is 0 Å². The Balaban J connectivity index is 0.983. The largest absolute Gasteiger partial charge is 0.504 e. The molecule has 4 heterocycles. The number of amides is 1. The zero-order valence-corrected chi connectivity index (χ0v) is 68.2. The predicted octanol–water partition coefficient (Wildman–Crippen LogP) is 11.2. The molecule has 4 aliphatic carbocycles. The number of carbonyl (C=O) groups excluding carboxylic acids is 10. The molecule has 5 fully saturated rings. The van der Waals surface area contributed by atoms with Crippen LogP contribution in [0.5, 0.6) is 0 Å². The first-order valence-corrected chi connectivity index (χ1v) is 40.4. The average Bonchev–Trinajstić information content (AvgIpc) is 1.34. The lowest BCUT2D eigenvalue weighted by molar-refractivity contribution is -0.265. The number of piperidine rings is 1. The molecule has 2 saturated carbocycles. The number of aliphatic hydroxyl groups excluding tert-OH is 2. The number of hydrogen-bond acceptors (Lipinski definition) is 24. The van der Waals surface area contributed by atoms with Gasteiger partial charge < -0.3 is 72.5 Å². The van der Waals surface area contributed by atoms with Gasteiger partial charge in [-0.05, 0) is 151 Å². The highest BCUT2D eigenvalue weighted by molar-refractivity contribution is 6.39. The number of hydrogen-bond donors (Lipinski definition) is 3. The summed E-state index contributed by atoms with van der Waals surface area (Å²) < 4.78 is 60.4. The van der Waals surface area contributed by atoms with E-state index in [-0.39, 0.29) is 91.8 Å². The van der Waals surface area contributed by atoms with Gasteiger partial charge in [0.25, 0.3) is 11.7 Å². The SMILES string of the molecule is C=CCN(/C=C1/C(=O)O[C@H](COC)C2C1=C(O)C(=O)C1=C2[C@H](OC(C)=O)C[C@]2(C)[C@@H](OC(=O)CCCCCCC(=O)O[C@@H]3/C(C)=C/[C@@H](C)C(=O)C[C@@H]([C@H](C)C[C@@H]4CC[C@@H](O)[C@H](OC)C4)OC(=O)[C@@H]4CCCCN4C(=O)C(=O)[C@]4(O)O[C@@H](CC[C@H]4C)C[C@H](OC)/C(C)=C/C=C/C=C/[C@@H](C)C[C@@H](C)C(=O)[C@@H]3OC)CC[C@@H]12)CC=C. The van der Waals surface area contributed by atoms with Gasteiger partial charge in [0.1, 0.15) is 36.2 Å². The van der Waals surface area contributed by atoms with Crippen molar-refractivity contribution in [1.82, 2.24) is 9.80 Å². The normalized spacial score (nSPS) is 35.8. The molecular formula is C87H124N2O23. The second-order valence-corrected chi connectivity index (χ2v) is 32.8. The summed E-state index contributed by atoms with van der Waals surface area (Å²) in [5, 5.41) is 34.9. The lowest BCUT2D eigenvalue weighted by Crippen LogP contribution is -2.61. The molecule has 2 bridgehead atoms. The highest BCUT2D eigenvalue weighted by Gasteiger charge is 2.62. The van der Waals surface area contributed by atoms with Crippen molar-refractivity contribution in [1.29, 1.82) is 0 Å². The van der Waals surface area contributed by atoms with Crippen molar-refractivity contribution in [2.24, 2.45) is 52.8 Å². The topological polar surface area (TPSA) is 330 Å². The van der Waals surface area contributed by atoms with Gasteiger partial charge >= 0.3 is 29.8 Å². The van der Waals surface area contributed by atoms with E-state index in [0.29, 0.717) is 121 Å². The van der Waals surface area contributed by atoms with Crippen molar-refractivity contribution in [2.75, 3.05) is 54.7 Å². The van der Waals surface area contributed by atoms with E-state index >= 15 is 0 Å². The molecule has 0 radical (unpaired) electrons. The molecule has 25 heteroatoms. The van der Waals surface area contributed by atoms with E-state index in [4.69, 9.17) is 47.4 Å². The Kier molecular flexibility index (Phi) is 33.1. The molecule has 4 aliphatic heterocycles. The van der Waals surface area contributed by atoms with E-state index in [0.717, 1.165) is 10.5 Å². The number of carbonyl (C=O) groups is 10. The second kappa shape index (κ2) is 41.2. The molecule has 8 rings (SSSR count). The summed E-state index contributed by atoms with van der Waals surface area (Å²) in [5.74, 6) is -14.5. The van der Waals surface area contributed by atoms with Crippen molar-refractivity contribution < 1.29 is 111 Å². The van der Waals surface area contributed by atoms with E-state index in [1.165, 1.54) is 27.3 Å². The quantitative estimate of drug-likeness (QED) is 0.0214. The van der Waals surface area contributed by atoms with Gasteiger partial charge in [0.15, 0.2) is 23.8 Å². The number of ether oxygens (including phenoxy) is 10. The maximum absolute atomic E-state index is 14.9. The number of Topliss-reactive ketones (excluding diaryl/α,β-unsaturated/α-hetero) is 4. The summed E-state index contributed by atoms with van der Waals surface area (Å²) in [4.78, 5) is 146. The highest BCUT2D eigenvalue weighted by atomic mass is 16.6. The van der Waals surface area contributed by atoms with Crippen LogP contribution < -0.4 is 0 Å². The van der Waals surface area contributed by atoms with Crippen LogP contribution in [0.1, 0.15) is 197 Å². The Hall–Kier alpha value is -7.52. The zero-order valence-electron chi connectivity index (χ0n) is 68.2. The fourth-order valence-electron chi connectivity index (χ4n) is 18.3. The third kappa shape index (κ3) is 21.7. The lowest BCUT2D eigenvalue weighted by Gasteiger charge is -2.49. The average molecular weight is 1570 g/mol. The fourth-order valence-corrected chi connectivity index (χ4v) is 18.3. The molecule has 0 aromatic heterocycles. The van der Waals surface area contributed by atoms with E-state index < -0.39 is 167 Å². The third-order valence-electron chi connectivity index (χ3n) is 24.6. The first-order chi connectivity index (χ1) is 53.3. The number of ketones is 4. The van der Waals surface area contributed by atoms with Gasteiger partial charge in [-0.3, -0.25) is 38.4 Å². The third-order valence-corrected chi connectivity index (χ3v) is 24.6. The smallest absolute Gasteiger partial charge is 0.340 e. The molecular weight excluding hydrogens is 1440 g/mol. The number of rotatable bonds is 23. The van der Waals surface area contributed by atoms with Crippen molar-refractivity contribution in [2.45, 2.75) is 270 Å². The number of aliphatic hydroxyl groups is 3. The Labute approximate surface area is 661 Å². The monoisotopic (exact) mass is 1560 g/mol. The van der Waals surface area contributed by atoms with Crippen molar-refractivity contribution in [3.8, 4) is 0 Å². The molecule has 3 N–H and O–H groups in total. The van der Waals surface area contributed by atoms with Gasteiger partial charge in [0.2, 0.25) is 11.6 Å². The van der Waals surface area contributed by atoms with Crippen LogP contribution in [-0.4, -0.2) is 212 Å². The fraction of sp³-hybridized carbons (Fsp3) is 0.678. The zero-order chi connectivity index (χ0) is 82.1. The molecule has 1 amide bonds. The second-order valence-electron chi connectivity index (χ2n) is 32.8. The molecule has 0 aromatic carbocycles. The predicted molar refractivity (Wildman–Crippen MR) is 415 cm³/mol. The molecule has 1 unspecified atom stereocenters. The molecule has 25 nitrogen and oxygen atoms in total. The van der Waals surface area contributed by atoms with Crippen molar-refractivity contribution in [3.63, 3.8) is 0 Å².